The molecule has 0 bridgehead atoms. The molecule has 1 aromatic carbocycles. The van der Waals surface area contributed by atoms with Crippen LogP contribution in [0, 0.1) is 0 Å². The number of nitrogens with zero attached hydrogens (tertiary/aromatic N) is 2. The van der Waals surface area contributed by atoms with Gasteiger partial charge in [-0.15, -0.1) is 11.3 Å². The lowest BCUT2D eigenvalue weighted by Gasteiger charge is -2.32. The molecule has 1 aromatic heterocycles. The SMILES string of the molecule is COc1ccc(Cl)cc1N1C(=O)[C@H]2C[C@@H](NC(=O)Cc3cccs3)CCN2C1=O. The highest BCUT2D eigenvalue weighted by Crippen LogP contribution is 2.37. The van der Waals surface area contributed by atoms with E-state index in [1.54, 1.807) is 23.1 Å². The van der Waals surface area contributed by atoms with E-state index in [9.17, 15) is 14.4 Å². The Balaban J connectivity index is 1.48. The van der Waals surface area contributed by atoms with Gasteiger partial charge in [0.1, 0.15) is 11.8 Å². The fourth-order valence-electron chi connectivity index (χ4n) is 3.84. The zero-order valence-electron chi connectivity index (χ0n) is 15.8. The number of piperidine rings is 1. The van der Waals surface area contributed by atoms with Crippen molar-refractivity contribution in [3.8, 4) is 5.75 Å². The molecular weight excluding hydrogens is 414 g/mol. The molecule has 2 fully saturated rings. The molecule has 3 heterocycles. The number of hydrogen-bond donors (Lipinski definition) is 1. The van der Waals surface area contributed by atoms with E-state index in [4.69, 9.17) is 16.3 Å². The molecule has 4 amide bonds. The van der Waals surface area contributed by atoms with Crippen molar-refractivity contribution in [3.05, 3.63) is 45.6 Å². The number of nitrogens with one attached hydrogen (secondary N) is 1. The molecule has 1 N–H and O–H groups in total. The Hall–Kier alpha value is -2.58. The van der Waals surface area contributed by atoms with Crippen LogP contribution in [-0.4, -0.2) is 48.5 Å². The molecular formula is C20H20ClN3O4S. The number of carbonyl (C=O) groups is 3. The van der Waals surface area contributed by atoms with E-state index in [2.05, 4.69) is 5.32 Å². The van der Waals surface area contributed by atoms with Crippen molar-refractivity contribution in [3.63, 3.8) is 0 Å². The van der Waals surface area contributed by atoms with E-state index >= 15 is 0 Å². The molecule has 0 radical (unpaired) electrons. The van der Waals surface area contributed by atoms with Crippen molar-refractivity contribution in [2.24, 2.45) is 0 Å². The zero-order chi connectivity index (χ0) is 20.5. The number of carbonyl (C=O) groups excluding carboxylic acids is 3. The average Bonchev–Trinajstić information content (AvgIpc) is 3.28. The van der Waals surface area contributed by atoms with Gasteiger partial charge in [0.15, 0.2) is 0 Å². The lowest BCUT2D eigenvalue weighted by molar-refractivity contribution is -0.124. The number of imide groups is 1. The van der Waals surface area contributed by atoms with E-state index in [-0.39, 0.29) is 23.9 Å². The standard InChI is InChI=1S/C20H20ClN3O4S/c1-28-17-5-4-12(21)9-15(17)24-19(26)16-10-13(6-7-23(16)20(24)27)22-18(25)11-14-3-2-8-29-14/h2-5,8-9,13,16H,6-7,10-11H2,1H3,(H,22,25)/t13-,16+/m0/s1. The second kappa shape index (κ2) is 8.04. The fraction of sp³-hybridized carbons (Fsp3) is 0.350. The number of benzene rings is 1. The lowest BCUT2D eigenvalue weighted by atomic mass is 9.97. The van der Waals surface area contributed by atoms with Crippen LogP contribution in [0.15, 0.2) is 35.7 Å². The number of hydrogen-bond acceptors (Lipinski definition) is 5. The largest absolute Gasteiger partial charge is 0.495 e. The molecule has 7 nitrogen and oxygen atoms in total. The molecule has 0 aliphatic carbocycles. The molecule has 2 aliphatic rings. The molecule has 9 heteroatoms. The van der Waals surface area contributed by atoms with Gasteiger partial charge < -0.3 is 15.0 Å². The summed E-state index contributed by atoms with van der Waals surface area (Å²) in [6, 6.07) is 7.51. The molecule has 29 heavy (non-hydrogen) atoms. The summed E-state index contributed by atoms with van der Waals surface area (Å²) < 4.78 is 5.31. The number of fused-ring (bicyclic) bond motifs is 1. The van der Waals surface area contributed by atoms with Crippen LogP contribution < -0.4 is 15.0 Å². The smallest absolute Gasteiger partial charge is 0.332 e. The maximum atomic E-state index is 13.1. The Morgan fingerprint density at radius 3 is 2.90 bits per heavy atom. The summed E-state index contributed by atoms with van der Waals surface area (Å²) in [6.07, 6.45) is 1.31. The summed E-state index contributed by atoms with van der Waals surface area (Å²) in [5, 5.41) is 5.35. The lowest BCUT2D eigenvalue weighted by Crippen LogP contribution is -2.50. The summed E-state index contributed by atoms with van der Waals surface area (Å²) in [6.45, 7) is 0.401. The Morgan fingerprint density at radius 1 is 1.34 bits per heavy atom. The van der Waals surface area contributed by atoms with E-state index in [1.165, 1.54) is 18.4 Å². The quantitative estimate of drug-likeness (QED) is 0.735. The molecule has 0 saturated carbocycles. The minimum absolute atomic E-state index is 0.0731. The minimum atomic E-state index is -0.605. The number of thiophene rings is 1. The van der Waals surface area contributed by atoms with Crippen LogP contribution in [0.3, 0.4) is 0 Å². The number of methoxy groups -OCH3 is 1. The molecule has 152 valence electrons. The monoisotopic (exact) mass is 433 g/mol. The molecule has 2 aromatic rings. The number of urea groups is 1. The normalized spacial score (nSPS) is 21.3. The second-order valence-corrected chi connectivity index (χ2v) is 8.50. The van der Waals surface area contributed by atoms with Gasteiger partial charge in [-0.3, -0.25) is 9.59 Å². The summed E-state index contributed by atoms with van der Waals surface area (Å²) in [5.74, 6) is 0.000518. The average molecular weight is 434 g/mol. The van der Waals surface area contributed by atoms with Gasteiger partial charge in [0.05, 0.1) is 19.2 Å². The molecule has 2 aliphatic heterocycles. The van der Waals surface area contributed by atoms with Crippen LogP contribution in [-0.2, 0) is 16.0 Å². The van der Waals surface area contributed by atoms with Crippen molar-refractivity contribution in [2.75, 3.05) is 18.6 Å². The third-order valence-electron chi connectivity index (χ3n) is 5.21. The van der Waals surface area contributed by atoms with Crippen molar-refractivity contribution >= 4 is 46.5 Å². The van der Waals surface area contributed by atoms with Gasteiger partial charge >= 0.3 is 6.03 Å². The van der Waals surface area contributed by atoms with Crippen molar-refractivity contribution < 1.29 is 19.1 Å². The first-order valence-electron chi connectivity index (χ1n) is 9.27. The summed E-state index contributed by atoms with van der Waals surface area (Å²) in [7, 11) is 1.48. The van der Waals surface area contributed by atoms with Gasteiger partial charge in [-0.05, 0) is 42.5 Å². The molecule has 0 unspecified atom stereocenters. The number of amides is 4. The van der Waals surface area contributed by atoms with E-state index in [0.717, 1.165) is 9.78 Å². The first kappa shape index (κ1) is 19.7. The van der Waals surface area contributed by atoms with Crippen LogP contribution in [0.5, 0.6) is 5.75 Å². The van der Waals surface area contributed by atoms with Crippen LogP contribution >= 0.6 is 22.9 Å². The first-order valence-corrected chi connectivity index (χ1v) is 10.5. The highest BCUT2D eigenvalue weighted by atomic mass is 35.5. The Kier molecular flexibility index (Phi) is 5.47. The molecule has 2 atom stereocenters. The summed E-state index contributed by atoms with van der Waals surface area (Å²) in [5.41, 5.74) is 0.336. The first-order chi connectivity index (χ1) is 14.0. The van der Waals surface area contributed by atoms with Crippen LogP contribution in [0.25, 0.3) is 0 Å². The Bertz CT molecular complexity index is 949. The number of ether oxygens (including phenoxy) is 1. The van der Waals surface area contributed by atoms with Gasteiger partial charge in [0.2, 0.25) is 5.91 Å². The van der Waals surface area contributed by atoms with Crippen LogP contribution in [0.1, 0.15) is 17.7 Å². The Morgan fingerprint density at radius 2 is 2.17 bits per heavy atom. The minimum Gasteiger partial charge on any atom is -0.495 e. The van der Waals surface area contributed by atoms with Gasteiger partial charge in [0.25, 0.3) is 5.91 Å². The highest BCUT2D eigenvalue weighted by Gasteiger charge is 2.49. The van der Waals surface area contributed by atoms with Gasteiger partial charge in [-0.1, -0.05) is 17.7 Å². The van der Waals surface area contributed by atoms with Crippen LogP contribution in [0.4, 0.5) is 10.5 Å². The van der Waals surface area contributed by atoms with E-state index in [0.29, 0.717) is 42.3 Å². The molecule has 2 saturated heterocycles. The van der Waals surface area contributed by atoms with Gasteiger partial charge in [-0.2, -0.15) is 0 Å². The fourth-order valence-corrected chi connectivity index (χ4v) is 4.71. The highest BCUT2D eigenvalue weighted by molar-refractivity contribution is 7.10. The van der Waals surface area contributed by atoms with Gasteiger partial charge in [-0.25, -0.2) is 9.69 Å². The van der Waals surface area contributed by atoms with E-state index in [1.807, 2.05) is 17.5 Å². The van der Waals surface area contributed by atoms with Crippen molar-refractivity contribution in [1.82, 2.24) is 10.2 Å². The van der Waals surface area contributed by atoms with E-state index < -0.39 is 6.04 Å². The maximum Gasteiger partial charge on any atom is 0.332 e. The number of halogens is 1. The third kappa shape index (κ3) is 3.82. The zero-order valence-corrected chi connectivity index (χ0v) is 17.3. The second-order valence-electron chi connectivity index (χ2n) is 7.03. The van der Waals surface area contributed by atoms with Gasteiger partial charge in [0, 0.05) is 22.5 Å². The van der Waals surface area contributed by atoms with Crippen molar-refractivity contribution in [2.45, 2.75) is 31.3 Å². The summed E-state index contributed by atoms with van der Waals surface area (Å²) in [4.78, 5) is 42.0. The predicted octanol–water partition coefficient (Wildman–Crippen LogP) is 3.07. The van der Waals surface area contributed by atoms with Crippen molar-refractivity contribution in [1.29, 1.82) is 0 Å². The number of anilines is 1. The Labute approximate surface area is 177 Å². The number of rotatable bonds is 5. The topological polar surface area (TPSA) is 79.0 Å². The predicted molar refractivity (Wildman–Crippen MR) is 111 cm³/mol. The third-order valence-corrected chi connectivity index (χ3v) is 6.32. The van der Waals surface area contributed by atoms with Crippen LogP contribution in [0.2, 0.25) is 5.02 Å². The molecule has 4 rings (SSSR count). The molecule has 0 spiro atoms. The summed E-state index contributed by atoms with van der Waals surface area (Å²) >= 11 is 7.61. The maximum absolute atomic E-state index is 13.1.